The number of urea groups is 1. The number of benzene rings is 2. The van der Waals surface area contributed by atoms with Gasteiger partial charge < -0.3 is 15.5 Å². The molecule has 0 spiro atoms. The van der Waals surface area contributed by atoms with Crippen molar-refractivity contribution >= 4 is 17.6 Å². The first-order valence-corrected chi connectivity index (χ1v) is 10.3. The zero-order chi connectivity index (χ0) is 20.3. The molecule has 1 aliphatic carbocycles. The van der Waals surface area contributed by atoms with Gasteiger partial charge in [0.15, 0.2) is 0 Å². The van der Waals surface area contributed by atoms with Crippen LogP contribution < -0.4 is 10.6 Å². The van der Waals surface area contributed by atoms with Crippen LogP contribution in [0.25, 0.3) is 0 Å². The minimum atomic E-state index is -0.485. The number of nitrogens with one attached hydrogen (secondary N) is 2. The average molecular weight is 395 g/mol. The van der Waals surface area contributed by atoms with E-state index in [0.29, 0.717) is 11.3 Å². The molecule has 2 aromatic rings. The Balaban J connectivity index is 1.46. The Hall–Kier alpha value is -2.89. The highest BCUT2D eigenvalue weighted by atomic mass is 19.1. The molecule has 3 amide bonds. The van der Waals surface area contributed by atoms with E-state index in [1.165, 1.54) is 12.1 Å². The van der Waals surface area contributed by atoms with Crippen LogP contribution in [0.4, 0.5) is 14.9 Å². The fourth-order valence-corrected chi connectivity index (χ4v) is 4.45. The number of amides is 3. The molecule has 1 saturated carbocycles. The first-order valence-electron chi connectivity index (χ1n) is 10.3. The number of hydrogen-bond donors (Lipinski definition) is 2. The molecule has 2 aromatic carbocycles. The van der Waals surface area contributed by atoms with E-state index < -0.39 is 5.54 Å². The third-order valence-electron chi connectivity index (χ3n) is 5.97. The molecule has 1 saturated heterocycles. The normalized spacial score (nSPS) is 17.9. The predicted molar refractivity (Wildman–Crippen MR) is 110 cm³/mol. The van der Waals surface area contributed by atoms with Gasteiger partial charge in [0.25, 0.3) is 5.91 Å². The topological polar surface area (TPSA) is 61.4 Å². The highest BCUT2D eigenvalue weighted by Crippen LogP contribution is 2.38. The van der Waals surface area contributed by atoms with Gasteiger partial charge in [0.1, 0.15) is 5.82 Å². The average Bonchev–Trinajstić information content (AvgIpc) is 3.41. The summed E-state index contributed by atoms with van der Waals surface area (Å²) in [6.45, 7) is 1.58. The van der Waals surface area contributed by atoms with E-state index in [1.807, 2.05) is 4.90 Å². The Kier molecular flexibility index (Phi) is 5.51. The van der Waals surface area contributed by atoms with Gasteiger partial charge in [0.2, 0.25) is 0 Å². The van der Waals surface area contributed by atoms with Crippen LogP contribution >= 0.6 is 0 Å². The SMILES string of the molecule is O=C(Nc1cccc(C(=O)N2CCCC2)c1)NC1(c2ccc(F)cc2)CCCC1. The Labute approximate surface area is 170 Å². The van der Waals surface area contributed by atoms with Gasteiger partial charge in [0, 0.05) is 24.3 Å². The lowest BCUT2D eigenvalue weighted by molar-refractivity contribution is 0.0793. The van der Waals surface area contributed by atoms with Gasteiger partial charge in [-0.05, 0) is 61.6 Å². The van der Waals surface area contributed by atoms with Crippen LogP contribution in [0, 0.1) is 5.82 Å². The summed E-state index contributed by atoms with van der Waals surface area (Å²) in [6.07, 6.45) is 5.74. The molecule has 2 fully saturated rings. The lowest BCUT2D eigenvalue weighted by Crippen LogP contribution is -2.45. The zero-order valence-corrected chi connectivity index (χ0v) is 16.4. The smallest absolute Gasteiger partial charge is 0.319 e. The minimum Gasteiger partial charge on any atom is -0.339 e. The number of hydrogen-bond acceptors (Lipinski definition) is 2. The molecule has 4 rings (SSSR count). The van der Waals surface area contributed by atoms with Crippen LogP contribution in [0.1, 0.15) is 54.4 Å². The fraction of sp³-hybridized carbons (Fsp3) is 0.391. The highest BCUT2D eigenvalue weighted by Gasteiger charge is 2.37. The number of anilines is 1. The van der Waals surface area contributed by atoms with E-state index in [0.717, 1.165) is 57.2 Å². The van der Waals surface area contributed by atoms with Crippen molar-refractivity contribution in [2.24, 2.45) is 0 Å². The number of carbonyl (C=O) groups is 2. The Morgan fingerprint density at radius 1 is 0.931 bits per heavy atom. The molecule has 6 heteroatoms. The maximum atomic E-state index is 13.3. The van der Waals surface area contributed by atoms with Crippen molar-refractivity contribution < 1.29 is 14.0 Å². The Morgan fingerprint density at radius 3 is 2.31 bits per heavy atom. The molecule has 2 N–H and O–H groups in total. The molecular formula is C23H26FN3O2. The monoisotopic (exact) mass is 395 g/mol. The van der Waals surface area contributed by atoms with Gasteiger partial charge in [-0.3, -0.25) is 4.79 Å². The van der Waals surface area contributed by atoms with Crippen molar-refractivity contribution in [3.05, 3.63) is 65.5 Å². The van der Waals surface area contributed by atoms with E-state index in [2.05, 4.69) is 10.6 Å². The van der Waals surface area contributed by atoms with E-state index in [4.69, 9.17) is 0 Å². The molecule has 1 heterocycles. The number of rotatable bonds is 4. The summed E-state index contributed by atoms with van der Waals surface area (Å²) in [5, 5.41) is 5.98. The molecule has 2 aliphatic rings. The molecule has 0 radical (unpaired) electrons. The van der Waals surface area contributed by atoms with Crippen LogP contribution in [0.3, 0.4) is 0 Å². The summed E-state index contributed by atoms with van der Waals surface area (Å²) < 4.78 is 13.3. The quantitative estimate of drug-likeness (QED) is 0.791. The Morgan fingerprint density at radius 2 is 1.62 bits per heavy atom. The minimum absolute atomic E-state index is 0.00475. The highest BCUT2D eigenvalue weighted by molar-refractivity contribution is 5.97. The zero-order valence-electron chi connectivity index (χ0n) is 16.4. The summed E-state index contributed by atoms with van der Waals surface area (Å²) in [6, 6.07) is 13.1. The Bertz CT molecular complexity index is 885. The molecule has 1 aliphatic heterocycles. The van der Waals surface area contributed by atoms with Gasteiger partial charge in [-0.1, -0.05) is 31.0 Å². The number of nitrogens with zero attached hydrogens (tertiary/aromatic N) is 1. The van der Waals surface area contributed by atoms with Gasteiger partial charge in [-0.25, -0.2) is 9.18 Å². The molecular weight excluding hydrogens is 369 g/mol. The standard InChI is InChI=1S/C23H26FN3O2/c24-19-10-8-18(9-11-19)23(12-1-2-13-23)26-22(29)25-20-7-5-6-17(16-20)21(28)27-14-3-4-15-27/h5-11,16H,1-4,12-15H2,(H2,25,26,29). The third kappa shape index (κ3) is 4.26. The molecule has 0 unspecified atom stereocenters. The lowest BCUT2D eigenvalue weighted by atomic mass is 9.88. The van der Waals surface area contributed by atoms with Crippen molar-refractivity contribution in [3.8, 4) is 0 Å². The molecule has 0 bridgehead atoms. The first-order chi connectivity index (χ1) is 14.1. The summed E-state index contributed by atoms with van der Waals surface area (Å²) in [5.41, 5.74) is 1.60. The van der Waals surface area contributed by atoms with Crippen LogP contribution in [-0.2, 0) is 5.54 Å². The molecule has 0 atom stereocenters. The van der Waals surface area contributed by atoms with Crippen molar-refractivity contribution in [2.75, 3.05) is 18.4 Å². The predicted octanol–water partition coefficient (Wildman–Crippen LogP) is 4.65. The number of halogens is 1. The second-order valence-corrected chi connectivity index (χ2v) is 7.96. The summed E-state index contributed by atoms with van der Waals surface area (Å²) >= 11 is 0. The van der Waals surface area contributed by atoms with Crippen molar-refractivity contribution in [2.45, 2.75) is 44.1 Å². The van der Waals surface area contributed by atoms with Gasteiger partial charge in [-0.2, -0.15) is 0 Å². The first kappa shape index (κ1) is 19.4. The number of carbonyl (C=O) groups excluding carboxylic acids is 2. The van der Waals surface area contributed by atoms with Gasteiger partial charge in [0.05, 0.1) is 5.54 Å². The fourth-order valence-electron chi connectivity index (χ4n) is 4.45. The van der Waals surface area contributed by atoms with E-state index >= 15 is 0 Å². The summed E-state index contributed by atoms with van der Waals surface area (Å²) in [4.78, 5) is 27.2. The van der Waals surface area contributed by atoms with Crippen LogP contribution in [0.2, 0.25) is 0 Å². The summed E-state index contributed by atoms with van der Waals surface area (Å²) in [7, 11) is 0. The maximum absolute atomic E-state index is 13.3. The van der Waals surface area contributed by atoms with Crippen LogP contribution in [0.15, 0.2) is 48.5 Å². The van der Waals surface area contributed by atoms with E-state index in [9.17, 15) is 14.0 Å². The van der Waals surface area contributed by atoms with E-state index in [1.54, 1.807) is 36.4 Å². The van der Waals surface area contributed by atoms with Crippen LogP contribution in [-0.4, -0.2) is 29.9 Å². The van der Waals surface area contributed by atoms with Crippen molar-refractivity contribution in [3.63, 3.8) is 0 Å². The van der Waals surface area contributed by atoms with Gasteiger partial charge >= 0.3 is 6.03 Å². The second-order valence-electron chi connectivity index (χ2n) is 7.96. The molecule has 5 nitrogen and oxygen atoms in total. The largest absolute Gasteiger partial charge is 0.339 e. The molecule has 29 heavy (non-hydrogen) atoms. The van der Waals surface area contributed by atoms with Crippen LogP contribution in [0.5, 0.6) is 0 Å². The number of likely N-dealkylation sites (tertiary alicyclic amines) is 1. The maximum Gasteiger partial charge on any atom is 0.319 e. The summed E-state index contributed by atoms with van der Waals surface area (Å²) in [5.74, 6) is -0.282. The lowest BCUT2D eigenvalue weighted by Gasteiger charge is -2.31. The third-order valence-corrected chi connectivity index (χ3v) is 5.97. The second kappa shape index (κ2) is 8.23. The van der Waals surface area contributed by atoms with Gasteiger partial charge in [-0.15, -0.1) is 0 Å². The molecule has 0 aromatic heterocycles. The van der Waals surface area contributed by atoms with E-state index in [-0.39, 0.29) is 17.8 Å². The molecule has 152 valence electrons. The van der Waals surface area contributed by atoms with Crippen molar-refractivity contribution in [1.29, 1.82) is 0 Å². The van der Waals surface area contributed by atoms with Crippen molar-refractivity contribution in [1.82, 2.24) is 10.2 Å².